The summed E-state index contributed by atoms with van der Waals surface area (Å²) in [5.41, 5.74) is 0. The standard InChI is InChI=1S/C12H18OSe/c1-2-3-7-11(13)10-14-12-8-5-4-6-9-12/h4-6,8-9,11,13H,2-3,7,10H2,1H3. The van der Waals surface area contributed by atoms with Crippen molar-refractivity contribution in [3.63, 3.8) is 0 Å². The van der Waals surface area contributed by atoms with E-state index in [-0.39, 0.29) is 6.10 Å². The number of hydrogen-bond acceptors (Lipinski definition) is 1. The van der Waals surface area contributed by atoms with Gasteiger partial charge in [0.05, 0.1) is 0 Å². The second-order valence-electron chi connectivity index (χ2n) is 3.42. The van der Waals surface area contributed by atoms with Gasteiger partial charge in [0.25, 0.3) is 0 Å². The summed E-state index contributed by atoms with van der Waals surface area (Å²) < 4.78 is 1.38. The maximum absolute atomic E-state index is 9.66. The summed E-state index contributed by atoms with van der Waals surface area (Å²) in [4.78, 5) is 0. The molecule has 0 amide bonds. The fourth-order valence-corrected chi connectivity index (χ4v) is 3.12. The molecule has 0 heterocycles. The first-order chi connectivity index (χ1) is 6.83. The summed E-state index contributed by atoms with van der Waals surface area (Å²) >= 11 is 0.439. The van der Waals surface area contributed by atoms with E-state index in [9.17, 15) is 5.11 Å². The zero-order valence-electron chi connectivity index (χ0n) is 8.65. The molecule has 0 aliphatic heterocycles. The normalized spacial score (nSPS) is 12.7. The zero-order valence-corrected chi connectivity index (χ0v) is 10.4. The Morgan fingerprint density at radius 3 is 2.64 bits per heavy atom. The zero-order chi connectivity index (χ0) is 10.2. The van der Waals surface area contributed by atoms with Crippen LogP contribution in [0.3, 0.4) is 0 Å². The molecular formula is C12H18OSe. The van der Waals surface area contributed by atoms with Gasteiger partial charge < -0.3 is 0 Å². The summed E-state index contributed by atoms with van der Waals surface area (Å²) in [7, 11) is 0. The van der Waals surface area contributed by atoms with Gasteiger partial charge in [-0.1, -0.05) is 0 Å². The maximum atomic E-state index is 9.66. The molecule has 1 atom stereocenters. The second-order valence-corrected chi connectivity index (χ2v) is 5.71. The van der Waals surface area contributed by atoms with E-state index in [0.29, 0.717) is 15.0 Å². The Hall–Kier alpha value is -0.301. The van der Waals surface area contributed by atoms with Gasteiger partial charge >= 0.3 is 92.5 Å². The van der Waals surface area contributed by atoms with E-state index in [2.05, 4.69) is 31.2 Å². The summed E-state index contributed by atoms with van der Waals surface area (Å²) in [5.74, 6) is 0. The van der Waals surface area contributed by atoms with Gasteiger partial charge in [0, 0.05) is 0 Å². The first-order valence-corrected chi connectivity index (χ1v) is 7.25. The van der Waals surface area contributed by atoms with Crippen LogP contribution in [0.1, 0.15) is 26.2 Å². The van der Waals surface area contributed by atoms with Crippen molar-refractivity contribution in [3.8, 4) is 0 Å². The van der Waals surface area contributed by atoms with Crippen LogP contribution in [-0.4, -0.2) is 26.2 Å². The average molecular weight is 257 g/mol. The number of rotatable bonds is 6. The van der Waals surface area contributed by atoms with E-state index in [1.807, 2.05) is 6.07 Å². The van der Waals surface area contributed by atoms with E-state index in [0.717, 1.165) is 18.2 Å². The van der Waals surface area contributed by atoms with Crippen LogP contribution in [0.2, 0.25) is 5.32 Å². The van der Waals surface area contributed by atoms with E-state index < -0.39 is 0 Å². The van der Waals surface area contributed by atoms with Crippen LogP contribution >= 0.6 is 0 Å². The van der Waals surface area contributed by atoms with E-state index in [1.165, 1.54) is 10.9 Å². The third-order valence-electron chi connectivity index (χ3n) is 2.08. The first-order valence-electron chi connectivity index (χ1n) is 5.19. The molecule has 1 rings (SSSR count). The van der Waals surface area contributed by atoms with Crippen molar-refractivity contribution in [2.75, 3.05) is 0 Å². The fourth-order valence-electron chi connectivity index (χ4n) is 1.23. The van der Waals surface area contributed by atoms with Gasteiger partial charge in [-0.05, 0) is 0 Å². The van der Waals surface area contributed by atoms with Crippen molar-refractivity contribution in [3.05, 3.63) is 30.3 Å². The molecule has 0 spiro atoms. The van der Waals surface area contributed by atoms with Crippen LogP contribution in [-0.2, 0) is 0 Å². The topological polar surface area (TPSA) is 20.2 Å². The molecule has 0 bridgehead atoms. The summed E-state index contributed by atoms with van der Waals surface area (Å²) in [6, 6.07) is 10.5. The van der Waals surface area contributed by atoms with E-state index >= 15 is 0 Å². The Bertz CT molecular complexity index is 235. The van der Waals surface area contributed by atoms with Crippen LogP contribution in [0.15, 0.2) is 30.3 Å². The molecule has 14 heavy (non-hydrogen) atoms. The number of benzene rings is 1. The molecule has 0 fully saturated rings. The van der Waals surface area contributed by atoms with E-state index in [4.69, 9.17) is 0 Å². The molecule has 0 aliphatic rings. The third-order valence-corrected chi connectivity index (χ3v) is 4.50. The van der Waals surface area contributed by atoms with Crippen LogP contribution in [0, 0.1) is 0 Å². The number of aliphatic hydroxyl groups excluding tert-OH is 1. The Labute approximate surface area is 92.7 Å². The molecule has 2 heteroatoms. The third kappa shape index (κ3) is 4.80. The second kappa shape index (κ2) is 7.05. The fraction of sp³-hybridized carbons (Fsp3) is 0.500. The molecule has 1 aromatic carbocycles. The molecule has 1 unspecified atom stereocenters. The minimum atomic E-state index is -0.0878. The average Bonchev–Trinajstić information content (AvgIpc) is 2.25. The Balaban J connectivity index is 2.20. The quantitative estimate of drug-likeness (QED) is 0.773. The van der Waals surface area contributed by atoms with Crippen LogP contribution in [0.25, 0.3) is 0 Å². The van der Waals surface area contributed by atoms with Crippen molar-refractivity contribution < 1.29 is 5.11 Å². The van der Waals surface area contributed by atoms with Crippen molar-refractivity contribution in [2.45, 2.75) is 37.6 Å². The van der Waals surface area contributed by atoms with Gasteiger partial charge in [-0.15, -0.1) is 0 Å². The van der Waals surface area contributed by atoms with Crippen LogP contribution in [0.5, 0.6) is 0 Å². The van der Waals surface area contributed by atoms with Gasteiger partial charge in [-0.2, -0.15) is 0 Å². The predicted molar refractivity (Wildman–Crippen MR) is 62.2 cm³/mol. The van der Waals surface area contributed by atoms with Crippen LogP contribution < -0.4 is 4.46 Å². The summed E-state index contributed by atoms with van der Waals surface area (Å²) in [6.07, 6.45) is 3.20. The predicted octanol–water partition coefficient (Wildman–Crippen LogP) is 1.99. The van der Waals surface area contributed by atoms with Gasteiger partial charge in [-0.25, -0.2) is 0 Å². The molecule has 0 saturated heterocycles. The Morgan fingerprint density at radius 2 is 2.00 bits per heavy atom. The van der Waals surface area contributed by atoms with Crippen molar-refractivity contribution in [2.24, 2.45) is 0 Å². The molecule has 0 saturated carbocycles. The van der Waals surface area contributed by atoms with Crippen molar-refractivity contribution >= 4 is 19.4 Å². The molecule has 1 aromatic rings. The molecule has 1 nitrogen and oxygen atoms in total. The Morgan fingerprint density at radius 1 is 1.29 bits per heavy atom. The van der Waals surface area contributed by atoms with Gasteiger partial charge in [0.2, 0.25) is 0 Å². The summed E-state index contributed by atoms with van der Waals surface area (Å²) in [5, 5.41) is 10.6. The van der Waals surface area contributed by atoms with Crippen molar-refractivity contribution in [1.82, 2.24) is 0 Å². The van der Waals surface area contributed by atoms with Crippen LogP contribution in [0.4, 0.5) is 0 Å². The first kappa shape index (κ1) is 11.8. The van der Waals surface area contributed by atoms with E-state index in [1.54, 1.807) is 0 Å². The van der Waals surface area contributed by atoms with Gasteiger partial charge in [0.1, 0.15) is 0 Å². The Kier molecular flexibility index (Phi) is 5.93. The molecule has 0 aliphatic carbocycles. The number of unbranched alkanes of at least 4 members (excludes halogenated alkanes) is 1. The summed E-state index contributed by atoms with van der Waals surface area (Å²) in [6.45, 7) is 2.16. The molecule has 0 aromatic heterocycles. The molecule has 1 N–H and O–H groups in total. The SMILES string of the molecule is CCCCC(O)C[Se]c1ccccc1. The minimum absolute atomic E-state index is 0.0878. The van der Waals surface area contributed by atoms with Crippen molar-refractivity contribution in [1.29, 1.82) is 0 Å². The number of hydrogen-bond donors (Lipinski definition) is 1. The molecule has 0 radical (unpaired) electrons. The molecule has 78 valence electrons. The monoisotopic (exact) mass is 258 g/mol. The van der Waals surface area contributed by atoms with Gasteiger partial charge in [-0.3, -0.25) is 0 Å². The molecular weight excluding hydrogens is 239 g/mol. The number of aliphatic hydroxyl groups is 1. The van der Waals surface area contributed by atoms with Gasteiger partial charge in [0.15, 0.2) is 0 Å².